The number of H-pyrrole nitrogens is 1. The predicted molar refractivity (Wildman–Crippen MR) is 147 cm³/mol. The Labute approximate surface area is 221 Å². The first-order valence-electron chi connectivity index (χ1n) is 12.7. The van der Waals surface area contributed by atoms with Crippen LogP contribution in [-0.2, 0) is 13.1 Å². The van der Waals surface area contributed by atoms with Gasteiger partial charge in [-0.2, -0.15) is 0 Å². The van der Waals surface area contributed by atoms with E-state index in [1.54, 1.807) is 29.5 Å². The molecule has 11 nitrogen and oxygen atoms in total. The third-order valence-electron chi connectivity index (χ3n) is 6.13. The number of nitrogen functional groups attached to an aromatic ring is 1. The molecule has 0 atom stereocenters. The number of nitrogens with zero attached hydrogens (tertiary/aromatic N) is 6. The van der Waals surface area contributed by atoms with Crippen molar-refractivity contribution in [1.82, 2.24) is 40.2 Å². The lowest BCUT2D eigenvalue weighted by Gasteiger charge is -2.06. The summed E-state index contributed by atoms with van der Waals surface area (Å²) < 4.78 is 1.67. The van der Waals surface area contributed by atoms with Crippen LogP contribution in [0.3, 0.4) is 0 Å². The summed E-state index contributed by atoms with van der Waals surface area (Å²) in [6.45, 7) is 1.54. The molecule has 0 aliphatic heterocycles. The van der Waals surface area contributed by atoms with Crippen LogP contribution in [0, 0.1) is 0 Å². The molecule has 1 saturated carbocycles. The Bertz CT molecular complexity index is 1330. The highest BCUT2D eigenvalue weighted by Crippen LogP contribution is 2.46. The molecule has 0 radical (unpaired) electrons. The standard InChI is InChI=1S/C20H24N8O.C7H10N2/c21-15(3-1-2-6-28-10-16(11-29)26-27-28)7-17-18(14-8-23-12-24-9-14)19(13-4-5-13)25-20(17)22;1-8-6-7-4-2-3-5-9-7/h7-13,25H,1-6,21-22H2;2-5,8H,6H2,1H3/b15-7-;. The first-order chi connectivity index (χ1) is 18.6. The minimum atomic E-state index is 0.344. The van der Waals surface area contributed by atoms with Gasteiger partial charge in [-0.05, 0) is 63.3 Å². The molecule has 1 fully saturated rings. The van der Waals surface area contributed by atoms with E-state index in [1.165, 1.54) is 6.33 Å². The number of aromatic amines is 1. The number of carbonyl (C=O) groups is 1. The number of hydrogen-bond acceptors (Lipinski definition) is 9. The minimum Gasteiger partial charge on any atom is -0.402 e. The molecule has 4 aromatic rings. The van der Waals surface area contributed by atoms with Gasteiger partial charge in [-0.1, -0.05) is 11.3 Å². The molecule has 0 spiro atoms. The smallest absolute Gasteiger partial charge is 0.171 e. The summed E-state index contributed by atoms with van der Waals surface area (Å²) in [6, 6.07) is 5.90. The van der Waals surface area contributed by atoms with Crippen LogP contribution in [0.5, 0.6) is 0 Å². The predicted octanol–water partition coefficient (Wildman–Crippen LogP) is 3.31. The number of carbonyl (C=O) groups excluding carboxylic acids is 1. The molecule has 0 aromatic carbocycles. The maximum atomic E-state index is 10.7. The van der Waals surface area contributed by atoms with E-state index in [0.717, 1.165) is 72.4 Å². The van der Waals surface area contributed by atoms with Crippen LogP contribution in [0.1, 0.15) is 65.5 Å². The van der Waals surface area contributed by atoms with Gasteiger partial charge in [-0.3, -0.25) is 14.5 Å². The van der Waals surface area contributed by atoms with Crippen molar-refractivity contribution in [2.75, 3.05) is 12.8 Å². The number of aryl methyl sites for hydroxylation is 1. The fourth-order valence-electron chi connectivity index (χ4n) is 4.14. The van der Waals surface area contributed by atoms with Crippen molar-refractivity contribution in [2.45, 2.75) is 51.1 Å². The number of anilines is 1. The van der Waals surface area contributed by atoms with Gasteiger partial charge in [0.1, 0.15) is 17.8 Å². The molecular formula is C27H34N10O. The van der Waals surface area contributed by atoms with Crippen molar-refractivity contribution in [1.29, 1.82) is 0 Å². The zero-order chi connectivity index (χ0) is 26.7. The summed E-state index contributed by atoms with van der Waals surface area (Å²) in [5, 5.41) is 10.7. The number of aromatic nitrogens is 7. The van der Waals surface area contributed by atoms with Crippen LogP contribution < -0.4 is 16.8 Å². The number of pyridine rings is 1. The van der Waals surface area contributed by atoms with E-state index in [2.05, 4.69) is 35.6 Å². The highest BCUT2D eigenvalue weighted by Gasteiger charge is 2.30. The Morgan fingerprint density at radius 1 is 1.24 bits per heavy atom. The van der Waals surface area contributed by atoms with E-state index in [9.17, 15) is 4.79 Å². The van der Waals surface area contributed by atoms with Gasteiger partial charge in [0.05, 0.1) is 11.9 Å². The molecule has 11 heteroatoms. The van der Waals surface area contributed by atoms with Crippen LogP contribution in [0.25, 0.3) is 17.2 Å². The highest BCUT2D eigenvalue weighted by atomic mass is 16.1. The van der Waals surface area contributed by atoms with Crippen LogP contribution >= 0.6 is 0 Å². The van der Waals surface area contributed by atoms with Crippen LogP contribution in [-0.4, -0.2) is 48.3 Å². The van der Waals surface area contributed by atoms with Crippen LogP contribution in [0.15, 0.2) is 55.0 Å². The Morgan fingerprint density at radius 3 is 2.71 bits per heavy atom. The summed E-state index contributed by atoms with van der Waals surface area (Å²) in [7, 11) is 1.91. The van der Waals surface area contributed by atoms with Crippen molar-refractivity contribution in [3.05, 3.63) is 77.7 Å². The zero-order valence-electron chi connectivity index (χ0n) is 21.5. The Hall–Kier alpha value is -4.38. The van der Waals surface area contributed by atoms with Gasteiger partial charge in [0.25, 0.3) is 0 Å². The molecule has 1 aliphatic carbocycles. The van der Waals surface area contributed by atoms with Gasteiger partial charge in [-0.25, -0.2) is 9.97 Å². The molecule has 0 amide bonds. The fourth-order valence-corrected chi connectivity index (χ4v) is 4.14. The van der Waals surface area contributed by atoms with E-state index < -0.39 is 0 Å². The Kier molecular flexibility index (Phi) is 9.30. The molecule has 0 saturated heterocycles. The second kappa shape index (κ2) is 13.2. The molecule has 6 N–H and O–H groups in total. The van der Waals surface area contributed by atoms with Gasteiger partial charge < -0.3 is 21.8 Å². The van der Waals surface area contributed by atoms with Crippen LogP contribution in [0.4, 0.5) is 5.82 Å². The minimum absolute atomic E-state index is 0.344. The first kappa shape index (κ1) is 26.7. The fraction of sp³-hybridized carbons (Fsp3) is 0.333. The van der Waals surface area contributed by atoms with E-state index in [4.69, 9.17) is 11.5 Å². The molecule has 5 rings (SSSR count). The molecule has 0 bridgehead atoms. The second-order valence-electron chi connectivity index (χ2n) is 9.19. The highest BCUT2D eigenvalue weighted by molar-refractivity contribution is 5.84. The first-order valence-corrected chi connectivity index (χ1v) is 12.7. The van der Waals surface area contributed by atoms with E-state index in [1.807, 2.05) is 31.3 Å². The van der Waals surface area contributed by atoms with Gasteiger partial charge >= 0.3 is 0 Å². The molecular weight excluding hydrogens is 480 g/mol. The zero-order valence-corrected chi connectivity index (χ0v) is 21.5. The third kappa shape index (κ3) is 7.32. The summed E-state index contributed by atoms with van der Waals surface area (Å²) in [5.74, 6) is 1.13. The summed E-state index contributed by atoms with van der Waals surface area (Å²) in [6.07, 6.45) is 16.1. The van der Waals surface area contributed by atoms with Crippen molar-refractivity contribution in [3.8, 4) is 11.1 Å². The van der Waals surface area contributed by atoms with Crippen molar-refractivity contribution in [2.24, 2.45) is 5.73 Å². The third-order valence-corrected chi connectivity index (χ3v) is 6.13. The van der Waals surface area contributed by atoms with Gasteiger partial charge in [0.2, 0.25) is 0 Å². The van der Waals surface area contributed by atoms with Crippen molar-refractivity contribution >= 4 is 18.2 Å². The molecule has 4 heterocycles. The maximum Gasteiger partial charge on any atom is 0.171 e. The molecule has 1 aliphatic rings. The number of nitrogens with one attached hydrogen (secondary N) is 2. The summed E-state index contributed by atoms with van der Waals surface area (Å²) >= 11 is 0. The molecule has 38 heavy (non-hydrogen) atoms. The summed E-state index contributed by atoms with van der Waals surface area (Å²) in [4.78, 5) is 26.4. The van der Waals surface area contributed by atoms with Crippen molar-refractivity contribution in [3.63, 3.8) is 0 Å². The van der Waals surface area contributed by atoms with E-state index in [0.29, 0.717) is 30.3 Å². The monoisotopic (exact) mass is 514 g/mol. The lowest BCUT2D eigenvalue weighted by atomic mass is 10.00. The lowest BCUT2D eigenvalue weighted by molar-refractivity contribution is 0.111. The average molecular weight is 515 g/mol. The topological polar surface area (TPSA) is 166 Å². The summed E-state index contributed by atoms with van der Waals surface area (Å²) in [5.41, 5.74) is 18.8. The second-order valence-corrected chi connectivity index (χ2v) is 9.19. The number of aldehydes is 1. The Morgan fingerprint density at radius 2 is 2.05 bits per heavy atom. The van der Waals surface area contributed by atoms with E-state index >= 15 is 0 Å². The molecule has 198 valence electrons. The van der Waals surface area contributed by atoms with E-state index in [-0.39, 0.29) is 0 Å². The van der Waals surface area contributed by atoms with Gasteiger partial charge in [0.15, 0.2) is 6.29 Å². The maximum absolute atomic E-state index is 10.7. The largest absolute Gasteiger partial charge is 0.402 e. The molecule has 4 aromatic heterocycles. The number of allylic oxidation sites excluding steroid dienone is 1. The Balaban J connectivity index is 0.000000317. The number of rotatable bonds is 11. The number of hydrogen-bond donors (Lipinski definition) is 4. The molecule has 0 unspecified atom stereocenters. The van der Waals surface area contributed by atoms with Gasteiger partial charge in [0, 0.05) is 59.8 Å². The van der Waals surface area contributed by atoms with Gasteiger partial charge in [-0.15, -0.1) is 5.10 Å². The SMILES string of the molecule is CNCc1ccccn1.N/C(=C\c1c(N)[nH]c(C2CC2)c1-c1cncnc1)CCCCn1cc(C=O)nn1. The normalized spacial score (nSPS) is 13.1. The number of unbranched alkanes of at least 4 members (excludes halogenated alkanes) is 1. The number of nitrogens with two attached hydrogens (primary N) is 2. The average Bonchev–Trinajstić information content (AvgIpc) is 3.60. The quantitative estimate of drug-likeness (QED) is 0.173. The van der Waals surface area contributed by atoms with Crippen LogP contribution in [0.2, 0.25) is 0 Å². The lowest BCUT2D eigenvalue weighted by Crippen LogP contribution is -2.05. The van der Waals surface area contributed by atoms with Crippen molar-refractivity contribution < 1.29 is 4.79 Å².